The summed E-state index contributed by atoms with van der Waals surface area (Å²) in [6.07, 6.45) is 8.35. The maximum Gasteiger partial charge on any atom is 0.313 e. The van der Waals surface area contributed by atoms with Crippen molar-refractivity contribution in [2.45, 2.75) is 37.0 Å². The van der Waals surface area contributed by atoms with Crippen molar-refractivity contribution in [3.05, 3.63) is 72.5 Å². The Morgan fingerprint density at radius 2 is 1.91 bits per heavy atom. The fraction of sp³-hybridized carbons (Fsp3) is 0.407. The van der Waals surface area contributed by atoms with Gasteiger partial charge in [-0.15, -0.1) is 11.8 Å². The van der Waals surface area contributed by atoms with Crippen molar-refractivity contribution in [3.8, 4) is 0 Å². The molecule has 3 rings (SSSR count). The molecule has 0 radical (unpaired) electrons. The minimum Gasteiger partial charge on any atom is -0.516 e. The van der Waals surface area contributed by atoms with Crippen LogP contribution in [0.1, 0.15) is 24.8 Å². The molecule has 0 bridgehead atoms. The average Bonchev–Trinajstić information content (AvgIpc) is 3.12. The minimum atomic E-state index is -0.813. The van der Waals surface area contributed by atoms with Gasteiger partial charge < -0.3 is 15.3 Å². The van der Waals surface area contributed by atoms with Gasteiger partial charge in [-0.25, -0.2) is 0 Å². The van der Waals surface area contributed by atoms with Gasteiger partial charge in [0.25, 0.3) is 0 Å². The summed E-state index contributed by atoms with van der Waals surface area (Å²) in [6.45, 7) is 0. The number of carboxylic acid groups (broad SMARTS) is 1. The number of rotatable bonds is 13. The van der Waals surface area contributed by atoms with E-state index in [1.807, 2.05) is 18.2 Å². The van der Waals surface area contributed by atoms with Crippen molar-refractivity contribution in [1.82, 2.24) is 0 Å². The van der Waals surface area contributed by atoms with Crippen molar-refractivity contribution in [3.63, 3.8) is 0 Å². The van der Waals surface area contributed by atoms with E-state index in [-0.39, 0.29) is 28.6 Å². The van der Waals surface area contributed by atoms with E-state index >= 15 is 0 Å². The van der Waals surface area contributed by atoms with Gasteiger partial charge in [0.1, 0.15) is 5.78 Å². The second kappa shape index (κ2) is 13.6. The number of carbonyl (C=O) groups is 2. The summed E-state index contributed by atoms with van der Waals surface area (Å²) >= 11 is 2.98. The van der Waals surface area contributed by atoms with E-state index in [1.54, 1.807) is 23.9 Å². The van der Waals surface area contributed by atoms with Crippen LogP contribution in [0.2, 0.25) is 0 Å². The summed E-state index contributed by atoms with van der Waals surface area (Å²) in [5.74, 6) is 0.793. The van der Waals surface area contributed by atoms with Gasteiger partial charge in [-0.2, -0.15) is 11.8 Å². The molecule has 1 saturated carbocycles. The Morgan fingerprint density at radius 1 is 1.12 bits per heavy atom. The molecular formula is C27H32O5S2. The number of aryl methyl sites for hydroxylation is 1. The lowest BCUT2D eigenvalue weighted by atomic mass is 9.94. The molecule has 182 valence electrons. The first-order valence-electron chi connectivity index (χ1n) is 11.6. The van der Waals surface area contributed by atoms with Crippen LogP contribution in [0.3, 0.4) is 0 Å². The molecule has 7 heteroatoms. The smallest absolute Gasteiger partial charge is 0.313 e. The topological polar surface area (TPSA) is 94.8 Å². The van der Waals surface area contributed by atoms with Crippen LogP contribution in [-0.4, -0.2) is 55.7 Å². The first-order chi connectivity index (χ1) is 16.5. The number of thioether (sulfide) groups is 2. The van der Waals surface area contributed by atoms with Gasteiger partial charge in [0.2, 0.25) is 0 Å². The summed E-state index contributed by atoms with van der Waals surface area (Å²) in [5.41, 5.74) is 1.18. The van der Waals surface area contributed by atoms with Gasteiger partial charge in [-0.3, -0.25) is 9.59 Å². The Morgan fingerprint density at radius 3 is 2.68 bits per heavy atom. The molecular weight excluding hydrogens is 468 g/mol. The highest BCUT2D eigenvalue weighted by Gasteiger charge is 2.39. The highest BCUT2D eigenvalue weighted by Crippen LogP contribution is 2.39. The van der Waals surface area contributed by atoms with Crippen molar-refractivity contribution >= 4 is 46.0 Å². The van der Waals surface area contributed by atoms with Gasteiger partial charge in [-0.05, 0) is 59.1 Å². The first-order valence-corrected chi connectivity index (χ1v) is 13.8. The van der Waals surface area contributed by atoms with E-state index in [0.717, 1.165) is 30.6 Å². The predicted molar refractivity (Wildman–Crippen MR) is 142 cm³/mol. The van der Waals surface area contributed by atoms with E-state index < -0.39 is 12.1 Å². The zero-order valence-electron chi connectivity index (χ0n) is 19.1. The summed E-state index contributed by atoms with van der Waals surface area (Å²) in [6, 6.07) is 14.6. The molecule has 0 aromatic heterocycles. The zero-order chi connectivity index (χ0) is 24.3. The standard InChI is InChI=1S/C27H32O5S2/c28-13-12-22-17-25(30)27(34-15-3-14-33-18-26(31)32)24(22)11-10-23(29)9-7-19-6-8-20-4-1-2-5-21(20)16-19/h1-2,4-6,8,10-13,16,22-24,27-29H,3,7,9,14-15,17-18H2,(H,31,32)/b11-10+,13-12+/t22-,23?,24+,27-/m1/s1. The van der Waals surface area contributed by atoms with Crippen molar-refractivity contribution in [1.29, 1.82) is 0 Å². The number of benzene rings is 2. The summed E-state index contributed by atoms with van der Waals surface area (Å²) < 4.78 is 0. The van der Waals surface area contributed by atoms with Crippen LogP contribution in [0.15, 0.2) is 67.0 Å². The third-order valence-electron chi connectivity index (χ3n) is 5.99. The predicted octanol–water partition coefficient (Wildman–Crippen LogP) is 5.28. The maximum absolute atomic E-state index is 12.6. The number of fused-ring (bicyclic) bond motifs is 1. The van der Waals surface area contributed by atoms with Crippen LogP contribution < -0.4 is 0 Å². The van der Waals surface area contributed by atoms with E-state index in [1.165, 1.54) is 28.1 Å². The molecule has 1 unspecified atom stereocenters. The largest absolute Gasteiger partial charge is 0.516 e. The average molecular weight is 501 g/mol. The molecule has 0 spiro atoms. The number of allylic oxidation sites excluding steroid dienone is 2. The molecule has 2 aromatic carbocycles. The normalized spacial score (nSPS) is 21.7. The number of aliphatic carboxylic acids is 1. The Kier molecular flexibility index (Phi) is 10.6. The van der Waals surface area contributed by atoms with E-state index in [9.17, 15) is 19.8 Å². The van der Waals surface area contributed by atoms with E-state index in [0.29, 0.717) is 12.8 Å². The van der Waals surface area contributed by atoms with Crippen LogP contribution in [0.4, 0.5) is 0 Å². The molecule has 5 nitrogen and oxygen atoms in total. The van der Waals surface area contributed by atoms with Gasteiger partial charge in [0.05, 0.1) is 23.4 Å². The van der Waals surface area contributed by atoms with Gasteiger partial charge in [-0.1, -0.05) is 54.6 Å². The van der Waals surface area contributed by atoms with Gasteiger partial charge in [0.15, 0.2) is 0 Å². The molecule has 1 aliphatic rings. The van der Waals surface area contributed by atoms with Gasteiger partial charge in [0, 0.05) is 12.3 Å². The number of aliphatic hydroxyl groups excluding tert-OH is 2. The third-order valence-corrected chi connectivity index (χ3v) is 8.47. The van der Waals surface area contributed by atoms with Crippen molar-refractivity contribution in [2.24, 2.45) is 11.8 Å². The second-order valence-electron chi connectivity index (χ2n) is 8.52. The van der Waals surface area contributed by atoms with Crippen molar-refractivity contribution < 1.29 is 24.9 Å². The zero-order valence-corrected chi connectivity index (χ0v) is 20.7. The summed E-state index contributed by atoms with van der Waals surface area (Å²) in [4.78, 5) is 23.2. The molecule has 1 fully saturated rings. The quantitative estimate of drug-likeness (QED) is 0.196. The Balaban J connectivity index is 1.54. The summed E-state index contributed by atoms with van der Waals surface area (Å²) in [7, 11) is 0. The number of carbonyl (C=O) groups excluding carboxylic acids is 1. The number of hydrogen-bond acceptors (Lipinski definition) is 6. The fourth-order valence-corrected chi connectivity index (χ4v) is 6.48. The molecule has 34 heavy (non-hydrogen) atoms. The number of ketones is 1. The van der Waals surface area contributed by atoms with E-state index in [4.69, 9.17) is 5.11 Å². The number of Topliss-reactive ketones (excluding diaryl/α,β-unsaturated/α-hetero) is 1. The summed E-state index contributed by atoms with van der Waals surface area (Å²) in [5, 5.41) is 30.7. The lowest BCUT2D eigenvalue weighted by Crippen LogP contribution is -2.19. The highest BCUT2D eigenvalue weighted by atomic mass is 32.2. The Bertz CT molecular complexity index is 1020. The first kappa shape index (κ1) is 26.4. The number of aliphatic hydroxyl groups is 2. The van der Waals surface area contributed by atoms with Crippen LogP contribution >= 0.6 is 23.5 Å². The van der Waals surface area contributed by atoms with Crippen LogP contribution in [0.5, 0.6) is 0 Å². The third kappa shape index (κ3) is 7.93. The molecule has 0 aliphatic heterocycles. The SMILES string of the molecule is O=C(O)CSCCCS[C@H]1C(=O)C[C@@H](/C=C/O)[C@@H]1/C=C/C(O)CCc1ccc2ccccc2c1. The molecule has 0 amide bonds. The van der Waals surface area contributed by atoms with Crippen molar-refractivity contribution in [2.75, 3.05) is 17.3 Å². The Labute approximate surface area is 209 Å². The van der Waals surface area contributed by atoms with Gasteiger partial charge >= 0.3 is 5.97 Å². The van der Waals surface area contributed by atoms with Crippen LogP contribution in [-0.2, 0) is 16.0 Å². The number of hydrogen-bond donors (Lipinski definition) is 3. The fourth-order valence-electron chi connectivity index (χ4n) is 4.27. The Hall–Kier alpha value is -2.22. The molecule has 1 aliphatic carbocycles. The monoisotopic (exact) mass is 500 g/mol. The minimum absolute atomic E-state index is 0.0807. The molecule has 2 aromatic rings. The molecule has 4 atom stereocenters. The second-order valence-corrected chi connectivity index (χ2v) is 10.9. The molecule has 0 heterocycles. The molecule has 3 N–H and O–H groups in total. The van der Waals surface area contributed by atoms with Crippen LogP contribution in [0, 0.1) is 11.8 Å². The number of carboxylic acids is 1. The maximum atomic E-state index is 12.6. The highest BCUT2D eigenvalue weighted by molar-refractivity contribution is 8.01. The van der Waals surface area contributed by atoms with E-state index in [2.05, 4.69) is 30.3 Å². The lowest BCUT2D eigenvalue weighted by molar-refractivity contribution is -0.133. The van der Waals surface area contributed by atoms with Crippen LogP contribution in [0.25, 0.3) is 10.8 Å². The lowest BCUT2D eigenvalue weighted by Gasteiger charge is -2.19. The molecule has 0 saturated heterocycles.